The summed E-state index contributed by atoms with van der Waals surface area (Å²) in [6, 6.07) is 7.06. The van der Waals surface area contributed by atoms with Gasteiger partial charge in [-0.2, -0.15) is 0 Å². The molecule has 0 saturated carbocycles. The minimum atomic E-state index is -0.690. The van der Waals surface area contributed by atoms with Gasteiger partial charge in [0.15, 0.2) is 0 Å². The fourth-order valence-corrected chi connectivity index (χ4v) is 4.47. The van der Waals surface area contributed by atoms with Crippen LogP contribution in [0.15, 0.2) is 36.0 Å². The number of aromatic nitrogens is 1. The minimum Gasteiger partial charge on any atom is -0.391 e. The Morgan fingerprint density at radius 2 is 1.94 bits per heavy atom. The monoisotopic (exact) mass is 444 g/mol. The molecular formula is C23H32N4O3S. The van der Waals surface area contributed by atoms with Gasteiger partial charge in [-0.3, -0.25) is 14.6 Å². The van der Waals surface area contributed by atoms with Crippen LogP contribution in [-0.2, 0) is 16.1 Å². The zero-order valence-electron chi connectivity index (χ0n) is 18.5. The lowest BCUT2D eigenvalue weighted by Gasteiger charge is -2.31. The number of nitrogens with zero attached hydrogens (tertiary/aromatic N) is 2. The summed E-state index contributed by atoms with van der Waals surface area (Å²) in [5, 5.41) is 16.4. The number of likely N-dealkylation sites (tertiary alicyclic amines) is 1. The third-order valence-corrected chi connectivity index (χ3v) is 6.27. The zero-order chi connectivity index (χ0) is 22.5. The van der Waals surface area contributed by atoms with E-state index in [1.165, 1.54) is 4.90 Å². The molecular weight excluding hydrogens is 412 g/mol. The van der Waals surface area contributed by atoms with E-state index in [2.05, 4.69) is 15.6 Å². The smallest absolute Gasteiger partial charge is 0.243 e. The molecule has 2 heterocycles. The van der Waals surface area contributed by atoms with E-state index in [0.717, 1.165) is 16.0 Å². The van der Waals surface area contributed by atoms with Crippen molar-refractivity contribution in [3.05, 3.63) is 41.5 Å². The number of rotatable bonds is 8. The number of aliphatic hydroxyl groups is 1. The largest absolute Gasteiger partial charge is 0.391 e. The third kappa shape index (κ3) is 5.90. The van der Waals surface area contributed by atoms with Crippen molar-refractivity contribution < 1.29 is 14.7 Å². The first kappa shape index (κ1) is 23.4. The van der Waals surface area contributed by atoms with Gasteiger partial charge in [-0.05, 0) is 17.0 Å². The molecule has 1 aliphatic heterocycles. The van der Waals surface area contributed by atoms with Crippen molar-refractivity contribution in [2.75, 3.05) is 6.54 Å². The average molecular weight is 445 g/mol. The van der Waals surface area contributed by atoms with Crippen molar-refractivity contribution in [2.45, 2.75) is 64.9 Å². The van der Waals surface area contributed by atoms with Crippen LogP contribution in [-0.4, -0.2) is 57.6 Å². The van der Waals surface area contributed by atoms with Crippen LogP contribution in [0.4, 0.5) is 0 Å². The lowest BCUT2D eigenvalue weighted by molar-refractivity contribution is -0.141. The molecule has 1 aromatic heterocycles. The molecule has 0 radical (unpaired) electrons. The first-order valence-corrected chi connectivity index (χ1v) is 11.6. The highest BCUT2D eigenvalue weighted by molar-refractivity contribution is 7.13. The molecule has 2 amide bonds. The topological polar surface area (TPSA) is 94.6 Å². The highest BCUT2D eigenvalue weighted by Gasteiger charge is 2.41. The van der Waals surface area contributed by atoms with Gasteiger partial charge in [0.05, 0.1) is 22.5 Å². The summed E-state index contributed by atoms with van der Waals surface area (Å²) in [6.45, 7) is 8.50. The van der Waals surface area contributed by atoms with Crippen LogP contribution in [0.1, 0.15) is 39.7 Å². The number of nitrogens with one attached hydrogen (secondary N) is 2. The van der Waals surface area contributed by atoms with Crippen molar-refractivity contribution in [1.29, 1.82) is 0 Å². The standard InChI is InChI=1S/C23H32N4O3S/c1-14(2)21(26-15(3)4)23(30)27-12-18(28)9-19(27)22(29)25-10-16-5-7-17(8-6-16)20-11-24-13-31-20/h5-8,11,13-15,18-19,21,26,28H,9-10,12H2,1-4H3,(H,25,29)/t18-,19+,21+/m1/s1. The van der Waals surface area contributed by atoms with Crippen molar-refractivity contribution in [1.82, 2.24) is 20.5 Å². The first-order valence-electron chi connectivity index (χ1n) is 10.8. The maximum Gasteiger partial charge on any atom is 0.243 e. The second-order valence-electron chi connectivity index (χ2n) is 8.72. The summed E-state index contributed by atoms with van der Waals surface area (Å²) in [5.74, 6) is -0.286. The lowest BCUT2D eigenvalue weighted by Crippen LogP contribution is -2.55. The average Bonchev–Trinajstić information content (AvgIpc) is 3.40. The zero-order valence-corrected chi connectivity index (χ0v) is 19.4. The highest BCUT2D eigenvalue weighted by Crippen LogP contribution is 2.24. The van der Waals surface area contributed by atoms with Crippen LogP contribution in [0, 0.1) is 5.92 Å². The molecule has 168 valence electrons. The van der Waals surface area contributed by atoms with Crippen LogP contribution >= 0.6 is 11.3 Å². The Morgan fingerprint density at radius 1 is 1.23 bits per heavy atom. The summed E-state index contributed by atoms with van der Waals surface area (Å²) in [7, 11) is 0. The molecule has 3 N–H and O–H groups in total. The van der Waals surface area contributed by atoms with Gasteiger partial charge in [0.2, 0.25) is 11.8 Å². The lowest BCUT2D eigenvalue weighted by atomic mass is 10.0. The number of aliphatic hydroxyl groups excluding tert-OH is 1. The Kier molecular flexibility index (Phi) is 7.80. The molecule has 1 fully saturated rings. The van der Waals surface area contributed by atoms with E-state index in [4.69, 9.17) is 0 Å². The van der Waals surface area contributed by atoms with Gasteiger partial charge in [-0.25, -0.2) is 0 Å². The molecule has 1 saturated heterocycles. The van der Waals surface area contributed by atoms with Crippen LogP contribution in [0.3, 0.4) is 0 Å². The van der Waals surface area contributed by atoms with Gasteiger partial charge >= 0.3 is 0 Å². The summed E-state index contributed by atoms with van der Waals surface area (Å²) in [5.41, 5.74) is 3.86. The van der Waals surface area contributed by atoms with E-state index in [1.54, 1.807) is 16.8 Å². The fraction of sp³-hybridized carbons (Fsp3) is 0.522. The molecule has 1 aromatic carbocycles. The predicted molar refractivity (Wildman–Crippen MR) is 122 cm³/mol. The Hall–Kier alpha value is -2.29. The van der Waals surface area contributed by atoms with Crippen molar-refractivity contribution in [2.24, 2.45) is 5.92 Å². The number of β-amino-alcohol motifs (C(OH)–C–C–N with tert-alkyl or cyclic N) is 1. The predicted octanol–water partition coefficient (Wildman–Crippen LogP) is 2.41. The number of hydrogen-bond donors (Lipinski definition) is 3. The Labute approximate surface area is 187 Å². The number of carbonyl (C=O) groups is 2. The first-order chi connectivity index (χ1) is 14.8. The normalized spacial score (nSPS) is 19.8. The number of carbonyl (C=O) groups excluding carboxylic acids is 2. The molecule has 3 atom stereocenters. The van der Waals surface area contributed by atoms with Gasteiger partial charge < -0.3 is 20.6 Å². The third-order valence-electron chi connectivity index (χ3n) is 5.45. The van der Waals surface area contributed by atoms with Crippen LogP contribution in [0.5, 0.6) is 0 Å². The second-order valence-corrected chi connectivity index (χ2v) is 9.61. The van der Waals surface area contributed by atoms with E-state index >= 15 is 0 Å². The number of hydrogen-bond acceptors (Lipinski definition) is 6. The summed E-state index contributed by atoms with van der Waals surface area (Å²) < 4.78 is 0. The Bertz CT molecular complexity index is 867. The SMILES string of the molecule is CC(C)N[C@H](C(=O)N1C[C@H](O)C[C@H]1C(=O)NCc1ccc(-c2cncs2)cc1)C(C)C. The summed E-state index contributed by atoms with van der Waals surface area (Å²) in [4.78, 5) is 32.8. The van der Waals surface area contributed by atoms with Crippen LogP contribution in [0.25, 0.3) is 10.4 Å². The van der Waals surface area contributed by atoms with E-state index in [0.29, 0.717) is 6.54 Å². The van der Waals surface area contributed by atoms with Crippen molar-refractivity contribution in [3.8, 4) is 10.4 Å². The Morgan fingerprint density at radius 3 is 2.52 bits per heavy atom. The van der Waals surface area contributed by atoms with Crippen LogP contribution in [0.2, 0.25) is 0 Å². The molecule has 0 aliphatic carbocycles. The van der Waals surface area contributed by atoms with Gasteiger partial charge in [-0.15, -0.1) is 11.3 Å². The van der Waals surface area contributed by atoms with Crippen LogP contribution < -0.4 is 10.6 Å². The molecule has 8 heteroatoms. The molecule has 7 nitrogen and oxygen atoms in total. The van der Waals surface area contributed by atoms with E-state index in [1.807, 2.05) is 58.2 Å². The molecule has 1 aliphatic rings. The second kappa shape index (κ2) is 10.3. The molecule has 2 aromatic rings. The number of benzene rings is 1. The van der Waals surface area contributed by atoms with Gasteiger partial charge in [0.25, 0.3) is 0 Å². The molecule has 0 bridgehead atoms. The Balaban J connectivity index is 1.63. The van der Waals surface area contributed by atoms with E-state index in [-0.39, 0.29) is 42.8 Å². The maximum atomic E-state index is 13.2. The van der Waals surface area contributed by atoms with Crippen molar-refractivity contribution in [3.63, 3.8) is 0 Å². The summed E-state index contributed by atoms with van der Waals surface area (Å²) in [6.07, 6.45) is 1.40. The van der Waals surface area contributed by atoms with Crippen molar-refractivity contribution >= 4 is 23.2 Å². The van der Waals surface area contributed by atoms with Gasteiger partial charge in [-0.1, -0.05) is 52.0 Å². The fourth-order valence-electron chi connectivity index (χ4n) is 3.84. The van der Waals surface area contributed by atoms with E-state index in [9.17, 15) is 14.7 Å². The molecule has 31 heavy (non-hydrogen) atoms. The molecule has 0 unspecified atom stereocenters. The van der Waals surface area contributed by atoms with Gasteiger partial charge in [0.1, 0.15) is 6.04 Å². The van der Waals surface area contributed by atoms with E-state index < -0.39 is 12.1 Å². The summed E-state index contributed by atoms with van der Waals surface area (Å²) >= 11 is 1.58. The molecule has 3 rings (SSSR count). The minimum absolute atomic E-state index is 0.0772. The highest BCUT2D eigenvalue weighted by atomic mass is 32.1. The number of thiazole rings is 1. The van der Waals surface area contributed by atoms with Gasteiger partial charge in [0, 0.05) is 31.7 Å². The molecule has 0 spiro atoms. The number of amides is 2. The maximum absolute atomic E-state index is 13.2. The quantitative estimate of drug-likeness (QED) is 0.581.